The summed E-state index contributed by atoms with van der Waals surface area (Å²) in [6, 6.07) is 10.3. The standard InChI is InChI=1S/C13H15N3/c1-2-13-9(3-4-14-13)5-11(1)16-8-10-6-12(16)7-15-10/h1-5,10,12,14-15H,6-8H2/t10-,12-/m0/s1. The Hall–Kier alpha value is -1.48. The summed E-state index contributed by atoms with van der Waals surface area (Å²) >= 11 is 0. The fourth-order valence-corrected chi connectivity index (χ4v) is 3.10. The van der Waals surface area contributed by atoms with Gasteiger partial charge in [-0.2, -0.15) is 0 Å². The molecule has 2 aromatic rings. The van der Waals surface area contributed by atoms with E-state index in [4.69, 9.17) is 0 Å². The number of benzene rings is 1. The zero-order valence-corrected chi connectivity index (χ0v) is 9.11. The number of aromatic nitrogens is 1. The predicted octanol–water partition coefficient (Wildman–Crippen LogP) is 1.72. The van der Waals surface area contributed by atoms with Crippen LogP contribution in [-0.2, 0) is 0 Å². The molecule has 1 aromatic carbocycles. The Labute approximate surface area is 94.4 Å². The van der Waals surface area contributed by atoms with Gasteiger partial charge in [-0.3, -0.25) is 0 Å². The van der Waals surface area contributed by atoms with Gasteiger partial charge in [0.1, 0.15) is 0 Å². The second kappa shape index (κ2) is 3.01. The highest BCUT2D eigenvalue weighted by Crippen LogP contribution is 2.31. The highest BCUT2D eigenvalue weighted by atomic mass is 15.3. The molecule has 0 aliphatic carbocycles. The lowest BCUT2D eigenvalue weighted by Gasteiger charge is -2.29. The van der Waals surface area contributed by atoms with Crippen molar-refractivity contribution in [3.05, 3.63) is 30.5 Å². The molecule has 2 atom stereocenters. The van der Waals surface area contributed by atoms with Crippen molar-refractivity contribution in [2.75, 3.05) is 18.0 Å². The lowest BCUT2D eigenvalue weighted by atomic mass is 10.2. The Morgan fingerprint density at radius 1 is 1.25 bits per heavy atom. The van der Waals surface area contributed by atoms with Crippen LogP contribution in [0.5, 0.6) is 0 Å². The van der Waals surface area contributed by atoms with Gasteiger partial charge in [-0.25, -0.2) is 0 Å². The molecule has 2 saturated heterocycles. The smallest absolute Gasteiger partial charge is 0.0455 e. The van der Waals surface area contributed by atoms with Gasteiger partial charge in [0.2, 0.25) is 0 Å². The van der Waals surface area contributed by atoms with E-state index in [1.165, 1.54) is 29.6 Å². The van der Waals surface area contributed by atoms with Crippen molar-refractivity contribution in [1.29, 1.82) is 0 Å². The van der Waals surface area contributed by atoms with Crippen molar-refractivity contribution < 1.29 is 0 Å². The molecule has 2 aliphatic heterocycles. The van der Waals surface area contributed by atoms with Crippen LogP contribution < -0.4 is 10.2 Å². The van der Waals surface area contributed by atoms with Gasteiger partial charge in [-0.1, -0.05) is 0 Å². The molecule has 0 radical (unpaired) electrons. The molecule has 2 aliphatic rings. The van der Waals surface area contributed by atoms with Crippen molar-refractivity contribution in [1.82, 2.24) is 10.3 Å². The molecule has 1 aromatic heterocycles. The van der Waals surface area contributed by atoms with E-state index in [0.29, 0.717) is 12.1 Å². The third-order valence-corrected chi connectivity index (χ3v) is 3.93. The van der Waals surface area contributed by atoms with Gasteiger partial charge in [0, 0.05) is 48.0 Å². The number of hydrogen-bond donors (Lipinski definition) is 2. The number of aromatic amines is 1. The summed E-state index contributed by atoms with van der Waals surface area (Å²) in [4.78, 5) is 5.79. The van der Waals surface area contributed by atoms with Crippen LogP contribution in [0.3, 0.4) is 0 Å². The summed E-state index contributed by atoms with van der Waals surface area (Å²) in [5.74, 6) is 0. The Bertz CT molecular complexity index is 531. The molecule has 0 amide bonds. The molecular formula is C13H15N3. The van der Waals surface area contributed by atoms with E-state index in [9.17, 15) is 0 Å². The van der Waals surface area contributed by atoms with E-state index in [-0.39, 0.29) is 0 Å². The maximum atomic E-state index is 3.54. The lowest BCUT2D eigenvalue weighted by Crippen LogP contribution is -2.43. The van der Waals surface area contributed by atoms with Gasteiger partial charge in [0.05, 0.1) is 0 Å². The van der Waals surface area contributed by atoms with Crippen molar-refractivity contribution in [3.8, 4) is 0 Å². The Kier molecular flexibility index (Phi) is 1.63. The number of nitrogens with one attached hydrogen (secondary N) is 2. The summed E-state index contributed by atoms with van der Waals surface area (Å²) in [5.41, 5.74) is 2.60. The van der Waals surface area contributed by atoms with Crippen molar-refractivity contribution >= 4 is 16.6 Å². The Morgan fingerprint density at radius 2 is 2.25 bits per heavy atom. The van der Waals surface area contributed by atoms with Gasteiger partial charge >= 0.3 is 0 Å². The van der Waals surface area contributed by atoms with Gasteiger partial charge in [-0.15, -0.1) is 0 Å². The minimum Gasteiger partial charge on any atom is -0.366 e. The molecule has 2 N–H and O–H groups in total. The van der Waals surface area contributed by atoms with Crippen LogP contribution in [0.2, 0.25) is 0 Å². The third kappa shape index (κ3) is 1.12. The van der Waals surface area contributed by atoms with Crippen LogP contribution in [0.1, 0.15) is 6.42 Å². The van der Waals surface area contributed by atoms with Gasteiger partial charge < -0.3 is 15.2 Å². The first kappa shape index (κ1) is 8.65. The molecular weight excluding hydrogens is 198 g/mol. The molecule has 3 heterocycles. The molecule has 2 bridgehead atoms. The van der Waals surface area contributed by atoms with Gasteiger partial charge in [0.25, 0.3) is 0 Å². The van der Waals surface area contributed by atoms with Crippen molar-refractivity contribution in [2.24, 2.45) is 0 Å². The molecule has 82 valence electrons. The summed E-state index contributed by atoms with van der Waals surface area (Å²) in [5, 5.41) is 4.85. The summed E-state index contributed by atoms with van der Waals surface area (Å²) in [6.45, 7) is 2.32. The zero-order chi connectivity index (χ0) is 10.5. The lowest BCUT2D eigenvalue weighted by molar-refractivity contribution is 0.580. The van der Waals surface area contributed by atoms with Gasteiger partial charge in [0.15, 0.2) is 0 Å². The van der Waals surface area contributed by atoms with Crippen LogP contribution in [-0.4, -0.2) is 30.2 Å². The van der Waals surface area contributed by atoms with Gasteiger partial charge in [-0.05, 0) is 30.7 Å². The maximum Gasteiger partial charge on any atom is 0.0455 e. The molecule has 0 saturated carbocycles. The average Bonchev–Trinajstić information content (AvgIpc) is 3.03. The molecule has 16 heavy (non-hydrogen) atoms. The maximum absolute atomic E-state index is 3.54. The number of hydrogen-bond acceptors (Lipinski definition) is 2. The Morgan fingerprint density at radius 3 is 3.06 bits per heavy atom. The molecule has 3 nitrogen and oxygen atoms in total. The summed E-state index contributed by atoms with van der Waals surface area (Å²) < 4.78 is 0. The van der Waals surface area contributed by atoms with E-state index in [1.807, 2.05) is 6.20 Å². The van der Waals surface area contributed by atoms with Crippen LogP contribution in [0, 0.1) is 0 Å². The topological polar surface area (TPSA) is 31.1 Å². The monoisotopic (exact) mass is 213 g/mol. The SMILES string of the molecule is c1cc2cc(N3C[C@@H]4C[C@H]3CN4)ccc2[nH]1. The van der Waals surface area contributed by atoms with Crippen LogP contribution in [0.15, 0.2) is 30.5 Å². The first-order valence-corrected chi connectivity index (χ1v) is 5.97. The number of anilines is 1. The minimum atomic E-state index is 0.710. The minimum absolute atomic E-state index is 0.710. The third-order valence-electron chi connectivity index (χ3n) is 3.93. The molecule has 4 rings (SSSR count). The second-order valence-electron chi connectivity index (χ2n) is 4.90. The normalized spacial score (nSPS) is 28.1. The van der Waals surface area contributed by atoms with Crippen LogP contribution in [0.4, 0.5) is 5.69 Å². The number of fused-ring (bicyclic) bond motifs is 3. The second-order valence-corrected chi connectivity index (χ2v) is 4.90. The summed E-state index contributed by atoms with van der Waals surface area (Å²) in [7, 11) is 0. The number of rotatable bonds is 1. The largest absolute Gasteiger partial charge is 0.366 e. The molecule has 0 unspecified atom stereocenters. The average molecular weight is 213 g/mol. The number of H-pyrrole nitrogens is 1. The summed E-state index contributed by atoms with van der Waals surface area (Å²) in [6.07, 6.45) is 3.32. The van der Waals surface area contributed by atoms with E-state index in [2.05, 4.69) is 39.5 Å². The van der Waals surface area contributed by atoms with Crippen molar-refractivity contribution in [3.63, 3.8) is 0 Å². The molecule has 0 spiro atoms. The predicted molar refractivity (Wildman–Crippen MR) is 65.8 cm³/mol. The zero-order valence-electron chi connectivity index (χ0n) is 9.11. The van der Waals surface area contributed by atoms with E-state index in [1.54, 1.807) is 0 Å². The highest BCUT2D eigenvalue weighted by molar-refractivity contribution is 5.83. The fraction of sp³-hybridized carbons (Fsp3) is 0.385. The quantitative estimate of drug-likeness (QED) is 0.755. The molecule has 3 heteroatoms. The number of piperazine rings is 1. The Balaban J connectivity index is 1.76. The van der Waals surface area contributed by atoms with Crippen molar-refractivity contribution in [2.45, 2.75) is 18.5 Å². The first-order valence-electron chi connectivity index (χ1n) is 5.97. The van der Waals surface area contributed by atoms with E-state index < -0.39 is 0 Å². The van der Waals surface area contributed by atoms with E-state index >= 15 is 0 Å². The van der Waals surface area contributed by atoms with Crippen LogP contribution >= 0.6 is 0 Å². The first-order chi connectivity index (χ1) is 7.90. The highest BCUT2D eigenvalue weighted by Gasteiger charge is 2.37. The molecule has 2 fully saturated rings. The van der Waals surface area contributed by atoms with E-state index in [0.717, 1.165) is 6.54 Å². The van der Waals surface area contributed by atoms with Crippen LogP contribution in [0.25, 0.3) is 10.9 Å². The fourth-order valence-electron chi connectivity index (χ4n) is 3.10. The number of nitrogens with zero attached hydrogens (tertiary/aromatic N) is 1.